The highest BCUT2D eigenvalue weighted by molar-refractivity contribution is 6.01. The van der Waals surface area contributed by atoms with E-state index in [9.17, 15) is 4.79 Å². The SMILES string of the molecule is C=C(C)C(=O)C1(OC2CCCC2)CCCC1. The molecule has 0 spiro atoms. The topological polar surface area (TPSA) is 26.3 Å². The second kappa shape index (κ2) is 4.70. The number of Topliss-reactive ketones (excluding diaryl/α,β-unsaturated/α-hetero) is 1. The summed E-state index contributed by atoms with van der Waals surface area (Å²) in [6.45, 7) is 5.60. The molecule has 0 unspecified atom stereocenters. The minimum absolute atomic E-state index is 0.150. The van der Waals surface area contributed by atoms with Gasteiger partial charge >= 0.3 is 0 Å². The van der Waals surface area contributed by atoms with Crippen molar-refractivity contribution in [1.29, 1.82) is 0 Å². The Morgan fingerprint density at radius 3 is 2.25 bits per heavy atom. The summed E-state index contributed by atoms with van der Waals surface area (Å²) in [5.41, 5.74) is 0.154. The van der Waals surface area contributed by atoms with E-state index in [0.717, 1.165) is 38.5 Å². The van der Waals surface area contributed by atoms with E-state index in [-0.39, 0.29) is 5.78 Å². The molecule has 0 saturated heterocycles. The van der Waals surface area contributed by atoms with Crippen molar-refractivity contribution in [3.8, 4) is 0 Å². The smallest absolute Gasteiger partial charge is 0.189 e. The van der Waals surface area contributed by atoms with Gasteiger partial charge in [0.25, 0.3) is 0 Å². The fourth-order valence-electron chi connectivity index (χ4n) is 3.06. The summed E-state index contributed by atoms with van der Waals surface area (Å²) < 4.78 is 6.17. The summed E-state index contributed by atoms with van der Waals surface area (Å²) in [7, 11) is 0. The molecule has 2 rings (SSSR count). The largest absolute Gasteiger partial charge is 0.364 e. The summed E-state index contributed by atoms with van der Waals surface area (Å²) in [4.78, 5) is 12.2. The van der Waals surface area contributed by atoms with Gasteiger partial charge in [0.1, 0.15) is 5.60 Å². The average molecular weight is 222 g/mol. The van der Waals surface area contributed by atoms with Gasteiger partial charge in [-0.3, -0.25) is 4.79 Å². The minimum atomic E-state index is -0.499. The van der Waals surface area contributed by atoms with Crippen LogP contribution in [0.5, 0.6) is 0 Å². The molecule has 2 fully saturated rings. The first-order valence-corrected chi connectivity index (χ1v) is 6.52. The molecule has 0 heterocycles. The molecule has 2 aliphatic carbocycles. The number of carbonyl (C=O) groups is 1. The number of hydrogen-bond acceptors (Lipinski definition) is 2. The zero-order valence-corrected chi connectivity index (χ0v) is 10.3. The fraction of sp³-hybridized carbons (Fsp3) is 0.786. The molecule has 2 saturated carbocycles. The summed E-state index contributed by atoms with van der Waals surface area (Å²) in [6.07, 6.45) is 9.11. The Kier molecular flexibility index (Phi) is 3.48. The summed E-state index contributed by atoms with van der Waals surface area (Å²) in [6, 6.07) is 0. The number of hydrogen-bond donors (Lipinski definition) is 0. The molecular formula is C14H22O2. The van der Waals surface area contributed by atoms with Crippen molar-refractivity contribution >= 4 is 5.78 Å². The van der Waals surface area contributed by atoms with Gasteiger partial charge in [-0.1, -0.05) is 19.4 Å². The van der Waals surface area contributed by atoms with Gasteiger partial charge in [-0.2, -0.15) is 0 Å². The van der Waals surface area contributed by atoms with E-state index in [2.05, 4.69) is 6.58 Å². The molecule has 2 aliphatic rings. The highest BCUT2D eigenvalue weighted by atomic mass is 16.5. The van der Waals surface area contributed by atoms with Crippen molar-refractivity contribution < 1.29 is 9.53 Å². The van der Waals surface area contributed by atoms with Crippen molar-refractivity contribution in [3.63, 3.8) is 0 Å². The molecule has 0 bridgehead atoms. The third kappa shape index (κ3) is 2.22. The molecule has 0 aromatic heterocycles. The summed E-state index contributed by atoms with van der Waals surface area (Å²) >= 11 is 0. The molecule has 0 aromatic carbocycles. The number of carbonyl (C=O) groups excluding carboxylic acids is 1. The first-order chi connectivity index (χ1) is 7.64. The van der Waals surface area contributed by atoms with Crippen LogP contribution in [-0.4, -0.2) is 17.5 Å². The van der Waals surface area contributed by atoms with E-state index < -0.39 is 5.60 Å². The Morgan fingerprint density at radius 1 is 1.19 bits per heavy atom. The highest BCUT2D eigenvalue weighted by Crippen LogP contribution is 2.39. The van der Waals surface area contributed by atoms with Gasteiger partial charge in [-0.25, -0.2) is 0 Å². The second-order valence-electron chi connectivity index (χ2n) is 5.34. The Labute approximate surface area is 98.1 Å². The average Bonchev–Trinajstić information content (AvgIpc) is 2.89. The lowest BCUT2D eigenvalue weighted by Crippen LogP contribution is -2.41. The van der Waals surface area contributed by atoms with Crippen LogP contribution in [0.25, 0.3) is 0 Å². The van der Waals surface area contributed by atoms with Gasteiger partial charge in [0.15, 0.2) is 5.78 Å². The van der Waals surface area contributed by atoms with Crippen molar-refractivity contribution in [2.75, 3.05) is 0 Å². The Bertz CT molecular complexity index is 281. The third-order valence-electron chi connectivity index (χ3n) is 3.91. The number of rotatable bonds is 4. The van der Waals surface area contributed by atoms with Crippen LogP contribution < -0.4 is 0 Å². The van der Waals surface area contributed by atoms with Crippen LogP contribution in [0.4, 0.5) is 0 Å². The van der Waals surface area contributed by atoms with Crippen molar-refractivity contribution in [2.45, 2.75) is 70.0 Å². The van der Waals surface area contributed by atoms with Crippen LogP contribution in [0.1, 0.15) is 58.3 Å². The fourth-order valence-corrected chi connectivity index (χ4v) is 3.06. The zero-order chi connectivity index (χ0) is 11.6. The van der Waals surface area contributed by atoms with Crippen LogP contribution >= 0.6 is 0 Å². The molecular weight excluding hydrogens is 200 g/mol. The maximum atomic E-state index is 12.2. The van der Waals surface area contributed by atoms with E-state index >= 15 is 0 Å². The lowest BCUT2D eigenvalue weighted by molar-refractivity contribution is -0.148. The maximum absolute atomic E-state index is 12.2. The first-order valence-electron chi connectivity index (χ1n) is 6.52. The molecule has 0 aromatic rings. The van der Waals surface area contributed by atoms with Crippen LogP contribution in [0.2, 0.25) is 0 Å². The molecule has 16 heavy (non-hydrogen) atoms. The standard InChI is InChI=1S/C14H22O2/c1-11(2)13(15)14(9-5-6-10-14)16-12-7-3-4-8-12/h12H,1,3-10H2,2H3. The van der Waals surface area contributed by atoms with Crippen LogP contribution in [-0.2, 0) is 9.53 Å². The van der Waals surface area contributed by atoms with Gasteiger partial charge in [0, 0.05) is 0 Å². The highest BCUT2D eigenvalue weighted by Gasteiger charge is 2.44. The van der Waals surface area contributed by atoms with Crippen molar-refractivity contribution in [3.05, 3.63) is 12.2 Å². The molecule has 2 nitrogen and oxygen atoms in total. The van der Waals surface area contributed by atoms with E-state index in [0.29, 0.717) is 11.7 Å². The molecule has 0 amide bonds. The second-order valence-corrected chi connectivity index (χ2v) is 5.34. The lowest BCUT2D eigenvalue weighted by Gasteiger charge is -2.31. The minimum Gasteiger partial charge on any atom is -0.364 e. The Balaban J connectivity index is 2.08. The van der Waals surface area contributed by atoms with E-state index in [4.69, 9.17) is 4.74 Å². The predicted molar refractivity (Wildman–Crippen MR) is 64.4 cm³/mol. The van der Waals surface area contributed by atoms with E-state index in [1.54, 1.807) is 6.92 Å². The van der Waals surface area contributed by atoms with Crippen LogP contribution in [0.15, 0.2) is 12.2 Å². The molecule has 2 heteroatoms. The van der Waals surface area contributed by atoms with E-state index in [1.165, 1.54) is 12.8 Å². The third-order valence-corrected chi connectivity index (χ3v) is 3.91. The normalized spacial score (nSPS) is 24.8. The molecule has 0 aliphatic heterocycles. The molecule has 0 atom stereocenters. The van der Waals surface area contributed by atoms with Gasteiger partial charge < -0.3 is 4.74 Å². The zero-order valence-electron chi connectivity index (χ0n) is 10.3. The molecule has 0 N–H and O–H groups in total. The van der Waals surface area contributed by atoms with Gasteiger partial charge in [-0.15, -0.1) is 0 Å². The Hall–Kier alpha value is -0.630. The molecule has 0 radical (unpaired) electrons. The van der Waals surface area contributed by atoms with Crippen molar-refractivity contribution in [1.82, 2.24) is 0 Å². The van der Waals surface area contributed by atoms with Crippen LogP contribution in [0.3, 0.4) is 0 Å². The first kappa shape index (κ1) is 11.8. The number of ketones is 1. The lowest BCUT2D eigenvalue weighted by atomic mass is 9.91. The quantitative estimate of drug-likeness (QED) is 0.681. The van der Waals surface area contributed by atoms with Gasteiger partial charge in [0.2, 0.25) is 0 Å². The Morgan fingerprint density at radius 2 is 1.75 bits per heavy atom. The molecule has 90 valence electrons. The summed E-state index contributed by atoms with van der Waals surface area (Å²) in [5, 5.41) is 0. The van der Waals surface area contributed by atoms with Gasteiger partial charge in [-0.05, 0) is 51.0 Å². The maximum Gasteiger partial charge on any atom is 0.189 e. The predicted octanol–water partition coefficient (Wildman–Crippen LogP) is 3.40. The van der Waals surface area contributed by atoms with Crippen molar-refractivity contribution in [2.24, 2.45) is 0 Å². The monoisotopic (exact) mass is 222 g/mol. The summed E-state index contributed by atoms with van der Waals surface area (Å²) in [5.74, 6) is 0.150. The van der Waals surface area contributed by atoms with Crippen LogP contribution in [0, 0.1) is 0 Å². The van der Waals surface area contributed by atoms with E-state index in [1.807, 2.05) is 0 Å². The number of ether oxygens (including phenoxy) is 1. The van der Waals surface area contributed by atoms with Gasteiger partial charge in [0.05, 0.1) is 6.10 Å².